The van der Waals surface area contributed by atoms with E-state index >= 15 is 0 Å². The highest BCUT2D eigenvalue weighted by molar-refractivity contribution is 9.10. The van der Waals surface area contributed by atoms with Gasteiger partial charge in [0.05, 0.1) is 0 Å². The molecule has 0 aliphatic heterocycles. The normalized spacial score (nSPS) is 12.7. The lowest BCUT2D eigenvalue weighted by Gasteiger charge is -2.10. The van der Waals surface area contributed by atoms with Gasteiger partial charge in [0.2, 0.25) is 0 Å². The van der Waals surface area contributed by atoms with Gasteiger partial charge in [-0.2, -0.15) is 11.3 Å². The molecule has 1 aromatic heterocycles. The predicted octanol–water partition coefficient (Wildman–Crippen LogP) is 3.89. The van der Waals surface area contributed by atoms with Crippen molar-refractivity contribution in [1.29, 1.82) is 0 Å². The summed E-state index contributed by atoms with van der Waals surface area (Å²) < 4.78 is 14.3. The smallest absolute Gasteiger partial charge is 0.127 e. The van der Waals surface area contributed by atoms with Crippen molar-refractivity contribution < 1.29 is 4.39 Å². The topological polar surface area (TPSA) is 26.0 Å². The number of thiophene rings is 1. The van der Waals surface area contributed by atoms with Crippen LogP contribution < -0.4 is 5.73 Å². The van der Waals surface area contributed by atoms with Gasteiger partial charge in [0.25, 0.3) is 0 Å². The molecule has 0 spiro atoms. The highest BCUT2D eigenvalue weighted by Gasteiger charge is 2.10. The third-order valence-corrected chi connectivity index (χ3v) is 3.62. The number of hydrogen-bond acceptors (Lipinski definition) is 2. The number of hydrogen-bond donors (Lipinski definition) is 1. The minimum atomic E-state index is -0.208. The standard InChI is InChI=1S/C12H11BrFNS/c13-10-2-1-8(11(14)6-10)5-12(15)9-3-4-16-7-9/h1-4,6-7,12H,5,15H2. The zero-order valence-corrected chi connectivity index (χ0v) is 10.9. The minimum absolute atomic E-state index is 0.137. The number of rotatable bonds is 3. The number of halogens is 2. The van der Waals surface area contributed by atoms with Crippen LogP contribution in [0.5, 0.6) is 0 Å². The van der Waals surface area contributed by atoms with Crippen molar-refractivity contribution in [3.63, 3.8) is 0 Å². The summed E-state index contributed by atoms with van der Waals surface area (Å²) >= 11 is 4.84. The Morgan fingerprint density at radius 2 is 2.19 bits per heavy atom. The van der Waals surface area contributed by atoms with Crippen LogP contribution in [-0.2, 0) is 6.42 Å². The average molecular weight is 300 g/mol. The van der Waals surface area contributed by atoms with E-state index in [1.807, 2.05) is 22.9 Å². The van der Waals surface area contributed by atoms with E-state index in [1.54, 1.807) is 17.4 Å². The van der Waals surface area contributed by atoms with Gasteiger partial charge in [0.15, 0.2) is 0 Å². The summed E-state index contributed by atoms with van der Waals surface area (Å²) in [7, 11) is 0. The molecule has 2 rings (SSSR count). The van der Waals surface area contributed by atoms with E-state index in [4.69, 9.17) is 5.73 Å². The molecule has 4 heteroatoms. The quantitative estimate of drug-likeness (QED) is 0.914. The molecule has 16 heavy (non-hydrogen) atoms. The minimum Gasteiger partial charge on any atom is -0.324 e. The molecule has 1 nitrogen and oxygen atoms in total. The third-order valence-electron chi connectivity index (χ3n) is 2.43. The Hall–Kier alpha value is -0.710. The third kappa shape index (κ3) is 2.70. The van der Waals surface area contributed by atoms with Crippen LogP contribution in [0.2, 0.25) is 0 Å². The fourth-order valence-corrected chi connectivity index (χ4v) is 2.59. The van der Waals surface area contributed by atoms with Crippen molar-refractivity contribution in [3.8, 4) is 0 Å². The molecule has 0 amide bonds. The maximum absolute atomic E-state index is 13.6. The van der Waals surface area contributed by atoms with Crippen LogP contribution in [0.3, 0.4) is 0 Å². The van der Waals surface area contributed by atoms with Crippen molar-refractivity contribution in [3.05, 3.63) is 56.4 Å². The van der Waals surface area contributed by atoms with Gasteiger partial charge >= 0.3 is 0 Å². The second-order valence-corrected chi connectivity index (χ2v) is 5.30. The summed E-state index contributed by atoms with van der Waals surface area (Å²) in [6, 6.07) is 6.91. The molecular weight excluding hydrogens is 289 g/mol. The molecule has 0 radical (unpaired) electrons. The summed E-state index contributed by atoms with van der Waals surface area (Å²) in [5.74, 6) is -0.208. The summed E-state index contributed by atoms with van der Waals surface area (Å²) in [6.07, 6.45) is 0.524. The Balaban J connectivity index is 2.15. The van der Waals surface area contributed by atoms with Crippen molar-refractivity contribution >= 4 is 27.3 Å². The fourth-order valence-electron chi connectivity index (χ4n) is 1.53. The van der Waals surface area contributed by atoms with E-state index in [0.717, 1.165) is 10.0 Å². The summed E-state index contributed by atoms with van der Waals surface area (Å²) in [4.78, 5) is 0. The van der Waals surface area contributed by atoms with Gasteiger partial charge in [-0.1, -0.05) is 22.0 Å². The SMILES string of the molecule is NC(Cc1ccc(Br)cc1F)c1ccsc1. The second kappa shape index (κ2) is 5.08. The van der Waals surface area contributed by atoms with E-state index in [9.17, 15) is 4.39 Å². The van der Waals surface area contributed by atoms with E-state index in [-0.39, 0.29) is 11.9 Å². The molecule has 1 heterocycles. The summed E-state index contributed by atoms with van der Waals surface area (Å²) in [6.45, 7) is 0. The largest absolute Gasteiger partial charge is 0.324 e. The Kier molecular flexibility index (Phi) is 3.74. The maximum atomic E-state index is 13.6. The molecule has 84 valence electrons. The van der Waals surface area contributed by atoms with Crippen LogP contribution in [0.25, 0.3) is 0 Å². The average Bonchev–Trinajstić information content (AvgIpc) is 2.75. The Morgan fingerprint density at radius 3 is 2.81 bits per heavy atom. The highest BCUT2D eigenvalue weighted by atomic mass is 79.9. The summed E-state index contributed by atoms with van der Waals surface area (Å²) in [5, 5.41) is 3.98. The van der Waals surface area contributed by atoms with Crippen LogP contribution in [0.4, 0.5) is 4.39 Å². The van der Waals surface area contributed by atoms with Crippen molar-refractivity contribution in [1.82, 2.24) is 0 Å². The molecule has 0 bridgehead atoms. The van der Waals surface area contributed by atoms with Gasteiger partial charge in [0, 0.05) is 10.5 Å². The molecule has 1 unspecified atom stereocenters. The zero-order valence-electron chi connectivity index (χ0n) is 8.49. The molecule has 0 saturated heterocycles. The van der Waals surface area contributed by atoms with Crippen LogP contribution in [0.15, 0.2) is 39.5 Å². The first kappa shape index (κ1) is 11.8. The zero-order chi connectivity index (χ0) is 11.5. The van der Waals surface area contributed by atoms with Crippen molar-refractivity contribution in [2.45, 2.75) is 12.5 Å². The molecule has 0 aliphatic carbocycles. The van der Waals surface area contributed by atoms with Gasteiger partial charge in [0.1, 0.15) is 5.82 Å². The van der Waals surface area contributed by atoms with E-state index < -0.39 is 0 Å². The van der Waals surface area contributed by atoms with Gasteiger partial charge in [-0.05, 0) is 46.5 Å². The van der Waals surface area contributed by atoms with Crippen LogP contribution in [0.1, 0.15) is 17.2 Å². The Morgan fingerprint density at radius 1 is 1.38 bits per heavy atom. The number of benzene rings is 1. The fraction of sp³-hybridized carbons (Fsp3) is 0.167. The lowest BCUT2D eigenvalue weighted by atomic mass is 10.0. The molecular formula is C12H11BrFNS. The van der Waals surface area contributed by atoms with Crippen LogP contribution in [0, 0.1) is 5.82 Å². The van der Waals surface area contributed by atoms with Gasteiger partial charge in [-0.25, -0.2) is 4.39 Å². The molecule has 0 saturated carbocycles. The van der Waals surface area contributed by atoms with Crippen molar-refractivity contribution in [2.75, 3.05) is 0 Å². The van der Waals surface area contributed by atoms with Crippen molar-refractivity contribution in [2.24, 2.45) is 5.73 Å². The first-order valence-corrected chi connectivity index (χ1v) is 6.62. The molecule has 1 aromatic carbocycles. The summed E-state index contributed by atoms with van der Waals surface area (Å²) in [5.41, 5.74) is 7.72. The lowest BCUT2D eigenvalue weighted by molar-refractivity contribution is 0.593. The molecule has 0 aliphatic rings. The Labute approximate surface area is 106 Å². The second-order valence-electron chi connectivity index (χ2n) is 3.60. The molecule has 2 N–H and O–H groups in total. The lowest BCUT2D eigenvalue weighted by Crippen LogP contribution is -2.13. The predicted molar refractivity (Wildman–Crippen MR) is 69.1 cm³/mol. The van der Waals surface area contributed by atoms with E-state index in [1.165, 1.54) is 6.07 Å². The maximum Gasteiger partial charge on any atom is 0.127 e. The van der Waals surface area contributed by atoms with E-state index in [0.29, 0.717) is 12.0 Å². The first-order valence-electron chi connectivity index (χ1n) is 4.88. The molecule has 1 atom stereocenters. The van der Waals surface area contributed by atoms with Gasteiger partial charge < -0.3 is 5.73 Å². The van der Waals surface area contributed by atoms with E-state index in [2.05, 4.69) is 15.9 Å². The monoisotopic (exact) mass is 299 g/mol. The van der Waals surface area contributed by atoms with Gasteiger partial charge in [-0.15, -0.1) is 0 Å². The van der Waals surface area contributed by atoms with Crippen LogP contribution >= 0.6 is 27.3 Å². The molecule has 2 aromatic rings. The first-order chi connectivity index (χ1) is 7.66. The highest BCUT2D eigenvalue weighted by Crippen LogP contribution is 2.22. The molecule has 0 fully saturated rings. The van der Waals surface area contributed by atoms with Crippen LogP contribution in [-0.4, -0.2) is 0 Å². The van der Waals surface area contributed by atoms with Gasteiger partial charge in [-0.3, -0.25) is 0 Å². The number of nitrogens with two attached hydrogens (primary N) is 1. The Bertz CT molecular complexity index is 470.